The van der Waals surface area contributed by atoms with Crippen LogP contribution >= 0.6 is 0 Å². The molecule has 0 unspecified atom stereocenters. The molecule has 162 valence electrons. The Bertz CT molecular complexity index is 1150. The maximum absolute atomic E-state index is 12.4. The number of ether oxygens (including phenoxy) is 1. The molecule has 8 nitrogen and oxygen atoms in total. The molecule has 0 saturated carbocycles. The second-order valence-electron chi connectivity index (χ2n) is 8.47. The van der Waals surface area contributed by atoms with Gasteiger partial charge in [-0.2, -0.15) is 5.10 Å². The molecule has 1 N–H and O–H groups in total. The number of hydrogen-bond acceptors (Lipinski definition) is 6. The summed E-state index contributed by atoms with van der Waals surface area (Å²) in [5.41, 5.74) is 3.36. The van der Waals surface area contributed by atoms with E-state index < -0.39 is 0 Å². The first kappa shape index (κ1) is 19.8. The number of amides is 1. The Morgan fingerprint density at radius 3 is 2.71 bits per heavy atom. The van der Waals surface area contributed by atoms with Crippen molar-refractivity contribution in [2.45, 2.75) is 31.9 Å². The van der Waals surface area contributed by atoms with Crippen molar-refractivity contribution in [3.05, 3.63) is 47.3 Å². The second-order valence-corrected chi connectivity index (χ2v) is 8.47. The summed E-state index contributed by atoms with van der Waals surface area (Å²) >= 11 is 0. The van der Waals surface area contributed by atoms with Crippen LogP contribution in [0.25, 0.3) is 10.9 Å². The van der Waals surface area contributed by atoms with E-state index in [4.69, 9.17) is 9.72 Å². The van der Waals surface area contributed by atoms with Gasteiger partial charge in [0.25, 0.3) is 5.91 Å². The molecule has 31 heavy (non-hydrogen) atoms. The van der Waals surface area contributed by atoms with Crippen molar-refractivity contribution in [2.75, 3.05) is 31.6 Å². The first-order valence-electron chi connectivity index (χ1n) is 10.7. The van der Waals surface area contributed by atoms with E-state index >= 15 is 0 Å². The van der Waals surface area contributed by atoms with Gasteiger partial charge in [-0.05, 0) is 36.8 Å². The minimum atomic E-state index is -0.370. The molecule has 2 aliphatic rings. The Morgan fingerprint density at radius 2 is 1.97 bits per heavy atom. The molecule has 1 saturated heterocycles. The molecule has 5 rings (SSSR count). The Balaban J connectivity index is 1.29. The van der Waals surface area contributed by atoms with E-state index in [0.717, 1.165) is 54.0 Å². The Hall–Kier alpha value is -3.13. The predicted octanol–water partition coefficient (Wildman–Crippen LogP) is 2.44. The van der Waals surface area contributed by atoms with Gasteiger partial charge in [0.1, 0.15) is 17.7 Å². The lowest BCUT2D eigenvalue weighted by molar-refractivity contribution is 0.0715. The van der Waals surface area contributed by atoms with Crippen molar-refractivity contribution >= 4 is 22.6 Å². The van der Waals surface area contributed by atoms with Crippen LogP contribution in [-0.2, 0) is 7.05 Å². The molecular formula is C23H27N5O3. The molecule has 0 bridgehead atoms. The second kappa shape index (κ2) is 7.53. The number of hydrogen-bond donors (Lipinski definition) is 1. The van der Waals surface area contributed by atoms with Crippen molar-refractivity contribution in [3.8, 4) is 5.75 Å². The van der Waals surface area contributed by atoms with Crippen molar-refractivity contribution in [1.82, 2.24) is 19.7 Å². The van der Waals surface area contributed by atoms with Crippen LogP contribution in [0.15, 0.2) is 30.5 Å². The van der Waals surface area contributed by atoms with Crippen LogP contribution in [-0.4, -0.2) is 63.5 Å². The molecule has 1 amide bonds. The molecule has 0 spiro atoms. The van der Waals surface area contributed by atoms with E-state index in [-0.39, 0.29) is 24.7 Å². The van der Waals surface area contributed by atoms with Crippen LogP contribution in [0, 0.1) is 6.92 Å². The molecule has 3 aromatic rings. The van der Waals surface area contributed by atoms with Crippen LogP contribution in [0.3, 0.4) is 0 Å². The third-order valence-corrected chi connectivity index (χ3v) is 6.48. The van der Waals surface area contributed by atoms with E-state index in [0.29, 0.717) is 11.3 Å². The zero-order valence-corrected chi connectivity index (χ0v) is 18.1. The maximum atomic E-state index is 12.4. The summed E-state index contributed by atoms with van der Waals surface area (Å²) in [6.07, 6.45) is 3.80. The Labute approximate surface area is 181 Å². The Kier molecular flexibility index (Phi) is 4.81. The van der Waals surface area contributed by atoms with Gasteiger partial charge in [-0.15, -0.1) is 0 Å². The quantitative estimate of drug-likeness (QED) is 0.697. The van der Waals surface area contributed by atoms with E-state index in [9.17, 15) is 9.90 Å². The smallest absolute Gasteiger partial charge is 0.256 e. The van der Waals surface area contributed by atoms with Crippen molar-refractivity contribution in [1.29, 1.82) is 0 Å². The number of rotatable bonds is 4. The number of aliphatic hydroxyl groups is 1. The average molecular weight is 422 g/mol. The van der Waals surface area contributed by atoms with Gasteiger partial charge >= 0.3 is 0 Å². The molecule has 1 fully saturated rings. The number of aryl methyl sites for hydroxylation is 2. The number of carbonyl (C=O) groups excluding carboxylic acids is 1. The fourth-order valence-electron chi connectivity index (χ4n) is 4.68. The molecule has 1 atom stereocenters. The predicted molar refractivity (Wildman–Crippen MR) is 117 cm³/mol. The van der Waals surface area contributed by atoms with Gasteiger partial charge in [-0.3, -0.25) is 9.48 Å². The third kappa shape index (κ3) is 3.31. The molecule has 1 aromatic carbocycles. The summed E-state index contributed by atoms with van der Waals surface area (Å²) in [7, 11) is 3.65. The summed E-state index contributed by atoms with van der Waals surface area (Å²) in [5, 5.41) is 15.1. The molecule has 2 aliphatic heterocycles. The number of piperidine rings is 1. The monoisotopic (exact) mass is 421 g/mol. The van der Waals surface area contributed by atoms with E-state index in [1.54, 1.807) is 11.9 Å². The van der Waals surface area contributed by atoms with Crippen molar-refractivity contribution in [3.63, 3.8) is 0 Å². The lowest BCUT2D eigenvalue weighted by Crippen LogP contribution is -2.39. The highest BCUT2D eigenvalue weighted by atomic mass is 16.5. The van der Waals surface area contributed by atoms with Crippen LogP contribution in [0.1, 0.15) is 40.5 Å². The number of fused-ring (bicyclic) bond motifs is 2. The largest absolute Gasteiger partial charge is 0.490 e. The highest BCUT2D eigenvalue weighted by Gasteiger charge is 2.36. The van der Waals surface area contributed by atoms with Crippen molar-refractivity contribution in [2.24, 2.45) is 7.05 Å². The van der Waals surface area contributed by atoms with Crippen LogP contribution < -0.4 is 9.64 Å². The fourth-order valence-corrected chi connectivity index (χ4v) is 4.68. The van der Waals surface area contributed by atoms with E-state index in [1.807, 2.05) is 49.1 Å². The first-order chi connectivity index (χ1) is 15.0. The van der Waals surface area contributed by atoms with Gasteiger partial charge in [0, 0.05) is 45.4 Å². The number of nitrogens with zero attached hydrogens (tertiary/aromatic N) is 5. The number of carbonyl (C=O) groups is 1. The van der Waals surface area contributed by atoms with Gasteiger partial charge in [-0.25, -0.2) is 4.98 Å². The van der Waals surface area contributed by atoms with Gasteiger partial charge in [0.15, 0.2) is 0 Å². The van der Waals surface area contributed by atoms with E-state index in [2.05, 4.69) is 10.00 Å². The molecule has 0 aliphatic carbocycles. The maximum Gasteiger partial charge on any atom is 0.256 e. The Morgan fingerprint density at radius 1 is 1.19 bits per heavy atom. The lowest BCUT2D eigenvalue weighted by atomic mass is 10.1. The first-order valence-corrected chi connectivity index (χ1v) is 10.7. The van der Waals surface area contributed by atoms with Crippen LogP contribution in [0.2, 0.25) is 0 Å². The molecular weight excluding hydrogens is 394 g/mol. The fraction of sp³-hybridized carbons (Fsp3) is 0.435. The van der Waals surface area contributed by atoms with Crippen LogP contribution in [0.5, 0.6) is 5.75 Å². The number of aromatic nitrogens is 3. The van der Waals surface area contributed by atoms with Gasteiger partial charge < -0.3 is 19.6 Å². The van der Waals surface area contributed by atoms with Gasteiger partial charge in [-0.1, -0.05) is 0 Å². The standard InChI is InChI=1S/C23H27N5O3/c1-14-10-18-21(20(13-29)26(2)23(18)30)25-22(14)28-8-6-16(7-9-28)31-17-4-5-19-15(11-17)12-24-27(19)3/h4-5,10-12,16,20,29H,6-9,13H2,1-3H3/t20-/m1/s1. The van der Waals surface area contributed by atoms with Gasteiger partial charge in [0.05, 0.1) is 35.6 Å². The number of anilines is 1. The summed E-state index contributed by atoms with van der Waals surface area (Å²) < 4.78 is 8.11. The summed E-state index contributed by atoms with van der Waals surface area (Å²) in [6.45, 7) is 3.54. The van der Waals surface area contributed by atoms with Crippen LogP contribution in [0.4, 0.5) is 5.82 Å². The minimum absolute atomic E-state index is 0.0751. The minimum Gasteiger partial charge on any atom is -0.490 e. The average Bonchev–Trinajstić information content (AvgIpc) is 3.25. The summed E-state index contributed by atoms with van der Waals surface area (Å²) in [6, 6.07) is 7.64. The summed E-state index contributed by atoms with van der Waals surface area (Å²) in [4.78, 5) is 21.1. The highest BCUT2D eigenvalue weighted by molar-refractivity contribution is 5.99. The van der Waals surface area contributed by atoms with Crippen molar-refractivity contribution < 1.29 is 14.6 Å². The number of pyridine rings is 1. The number of benzene rings is 1. The SMILES string of the molecule is Cc1cc2c(nc1N1CCC(Oc3ccc4c(cnn4C)c3)CC1)[C@@H](CO)N(C)C2=O. The van der Waals surface area contributed by atoms with Gasteiger partial charge in [0.2, 0.25) is 0 Å². The molecule has 4 heterocycles. The zero-order valence-electron chi connectivity index (χ0n) is 18.1. The number of likely N-dealkylation sites (N-methyl/N-ethyl adjacent to an activating group) is 1. The van der Waals surface area contributed by atoms with E-state index in [1.165, 1.54) is 0 Å². The molecule has 2 aromatic heterocycles. The highest BCUT2D eigenvalue weighted by Crippen LogP contribution is 2.35. The zero-order chi connectivity index (χ0) is 21.7. The number of aliphatic hydroxyl groups excluding tert-OH is 1. The molecule has 8 heteroatoms. The normalized spacial score (nSPS) is 19.4. The topological polar surface area (TPSA) is 83.7 Å². The third-order valence-electron chi connectivity index (χ3n) is 6.48. The molecule has 0 radical (unpaired) electrons. The lowest BCUT2D eigenvalue weighted by Gasteiger charge is -2.34. The summed E-state index contributed by atoms with van der Waals surface area (Å²) in [5.74, 6) is 1.70.